The predicted molar refractivity (Wildman–Crippen MR) is 137 cm³/mol. The van der Waals surface area contributed by atoms with Crippen molar-refractivity contribution in [2.24, 2.45) is 39.7 Å². The highest BCUT2D eigenvalue weighted by Crippen LogP contribution is 2.68. The fraction of sp³-hybridized carbons (Fsp3) is 0.667. The van der Waals surface area contributed by atoms with Crippen LogP contribution >= 0.6 is 0 Å². The molecule has 0 amide bonds. The molecule has 8 atom stereocenters. The number of ketones is 1. The molecule has 0 saturated heterocycles. The lowest BCUT2D eigenvalue weighted by Gasteiger charge is -2.61. The lowest BCUT2D eigenvalue weighted by molar-refractivity contribution is -0.206. The molecule has 0 aromatic heterocycles. The van der Waals surface area contributed by atoms with Gasteiger partial charge >= 0.3 is 5.97 Å². The number of carbonyl (C=O) groups excluding carboxylic acids is 2. The van der Waals surface area contributed by atoms with Gasteiger partial charge in [0, 0.05) is 36.1 Å². The highest BCUT2D eigenvalue weighted by Gasteiger charge is 2.68. The number of rotatable bonds is 6. The van der Waals surface area contributed by atoms with Crippen LogP contribution < -0.4 is 5.73 Å². The first kappa shape index (κ1) is 26.1. The van der Waals surface area contributed by atoms with Crippen molar-refractivity contribution >= 4 is 11.8 Å². The van der Waals surface area contributed by atoms with E-state index in [9.17, 15) is 14.7 Å². The third kappa shape index (κ3) is 4.19. The van der Waals surface area contributed by atoms with Gasteiger partial charge in [-0.15, -0.1) is 6.58 Å². The number of benzene rings is 1. The molecule has 0 spiro atoms. The minimum absolute atomic E-state index is 0.0275. The van der Waals surface area contributed by atoms with Gasteiger partial charge in [-0.3, -0.25) is 9.59 Å². The first-order chi connectivity index (χ1) is 16.5. The Hall–Kier alpha value is -1.98. The van der Waals surface area contributed by atoms with Crippen LogP contribution in [-0.2, 0) is 27.3 Å². The van der Waals surface area contributed by atoms with Gasteiger partial charge in [0.25, 0.3) is 0 Å². The number of aliphatic hydroxyl groups excluding tert-OH is 1. The van der Waals surface area contributed by atoms with Crippen molar-refractivity contribution in [3.05, 3.63) is 48.0 Å². The van der Waals surface area contributed by atoms with Gasteiger partial charge in [-0.25, -0.2) is 0 Å². The lowest BCUT2D eigenvalue weighted by atomic mass is 9.44. The predicted octanol–water partition coefficient (Wildman–Crippen LogP) is 4.98. The molecule has 192 valence electrons. The number of nitrogens with two attached hydrogens (primary N) is 1. The summed E-state index contributed by atoms with van der Waals surface area (Å²) in [5.74, 6) is 0.0351. The maximum absolute atomic E-state index is 13.5. The molecule has 4 rings (SSSR count). The Balaban J connectivity index is 1.66. The molecule has 3 saturated carbocycles. The molecule has 0 radical (unpaired) electrons. The zero-order chi connectivity index (χ0) is 25.6. The molecule has 3 aliphatic rings. The van der Waals surface area contributed by atoms with Gasteiger partial charge in [-0.2, -0.15) is 0 Å². The van der Waals surface area contributed by atoms with Crippen LogP contribution in [0.3, 0.4) is 0 Å². The van der Waals surface area contributed by atoms with Gasteiger partial charge in [-0.05, 0) is 60.5 Å². The van der Waals surface area contributed by atoms with Crippen LogP contribution in [0.15, 0.2) is 36.9 Å². The molecular formula is C30H43NO4. The first-order valence-electron chi connectivity index (χ1n) is 13.3. The molecular weight excluding hydrogens is 438 g/mol. The Kier molecular flexibility index (Phi) is 7.07. The second kappa shape index (κ2) is 9.48. The van der Waals surface area contributed by atoms with E-state index in [0.29, 0.717) is 25.8 Å². The Bertz CT molecular complexity index is 990. The fourth-order valence-corrected chi connectivity index (χ4v) is 7.88. The van der Waals surface area contributed by atoms with Crippen LogP contribution in [0, 0.1) is 34.0 Å². The van der Waals surface area contributed by atoms with Crippen LogP contribution in [0.5, 0.6) is 0 Å². The number of Topliss-reactive ketones (excluding diaryl/α,β-unsaturated/α-hetero) is 1. The number of carbonyl (C=O) groups is 2. The number of aliphatic hydroxyl groups is 1. The summed E-state index contributed by atoms with van der Waals surface area (Å²) >= 11 is 0. The van der Waals surface area contributed by atoms with Crippen LogP contribution in [0.25, 0.3) is 0 Å². The molecule has 3 aliphatic carbocycles. The van der Waals surface area contributed by atoms with E-state index in [-0.39, 0.29) is 41.3 Å². The molecule has 3 fully saturated rings. The summed E-state index contributed by atoms with van der Waals surface area (Å²) < 4.78 is 6.32. The molecule has 3 unspecified atom stereocenters. The number of hydrogen-bond acceptors (Lipinski definition) is 5. The number of esters is 1. The van der Waals surface area contributed by atoms with Crippen molar-refractivity contribution in [2.75, 3.05) is 0 Å². The van der Waals surface area contributed by atoms with Crippen LogP contribution in [0.1, 0.15) is 77.3 Å². The minimum atomic E-state index is -0.647. The van der Waals surface area contributed by atoms with Gasteiger partial charge < -0.3 is 15.6 Å². The van der Waals surface area contributed by atoms with Crippen molar-refractivity contribution in [1.29, 1.82) is 0 Å². The van der Waals surface area contributed by atoms with Crippen LogP contribution in [0.4, 0.5) is 0 Å². The maximum Gasteiger partial charge on any atom is 0.306 e. The molecule has 5 nitrogen and oxygen atoms in total. The lowest BCUT2D eigenvalue weighted by Crippen LogP contribution is -2.63. The average Bonchev–Trinajstić information content (AvgIpc) is 3.21. The Labute approximate surface area is 210 Å². The molecule has 0 aliphatic heterocycles. The second-order valence-electron chi connectivity index (χ2n) is 12.1. The van der Waals surface area contributed by atoms with Gasteiger partial charge in [0.1, 0.15) is 11.9 Å². The van der Waals surface area contributed by atoms with Crippen molar-refractivity contribution < 1.29 is 19.4 Å². The van der Waals surface area contributed by atoms with E-state index in [4.69, 9.17) is 10.5 Å². The summed E-state index contributed by atoms with van der Waals surface area (Å²) in [4.78, 5) is 26.7. The van der Waals surface area contributed by atoms with Crippen molar-refractivity contribution in [2.45, 2.75) is 91.4 Å². The average molecular weight is 482 g/mol. The normalized spacial score (nSPS) is 41.0. The maximum atomic E-state index is 13.5. The molecule has 2 bridgehead atoms. The number of aryl methyl sites for hydroxylation is 1. The van der Waals surface area contributed by atoms with E-state index >= 15 is 0 Å². The van der Waals surface area contributed by atoms with E-state index in [0.717, 1.165) is 30.4 Å². The third-order valence-electron chi connectivity index (χ3n) is 10.4. The van der Waals surface area contributed by atoms with E-state index in [1.165, 1.54) is 0 Å². The quantitative estimate of drug-likeness (QED) is 0.442. The minimum Gasteiger partial charge on any atom is -0.462 e. The highest BCUT2D eigenvalue weighted by atomic mass is 16.5. The second-order valence-corrected chi connectivity index (χ2v) is 12.1. The Morgan fingerprint density at radius 3 is 2.66 bits per heavy atom. The molecule has 35 heavy (non-hydrogen) atoms. The van der Waals surface area contributed by atoms with E-state index in [1.54, 1.807) is 0 Å². The number of ether oxygens (including phenoxy) is 1. The summed E-state index contributed by atoms with van der Waals surface area (Å²) in [7, 11) is 0. The van der Waals surface area contributed by atoms with Gasteiger partial charge in [0.2, 0.25) is 0 Å². The van der Waals surface area contributed by atoms with Gasteiger partial charge in [0.15, 0.2) is 0 Å². The van der Waals surface area contributed by atoms with Crippen molar-refractivity contribution in [3.8, 4) is 0 Å². The van der Waals surface area contributed by atoms with E-state index in [1.807, 2.05) is 37.3 Å². The Morgan fingerprint density at radius 2 is 1.97 bits per heavy atom. The molecule has 1 aromatic rings. The summed E-state index contributed by atoms with van der Waals surface area (Å²) in [6, 6.07) is 7.98. The summed E-state index contributed by atoms with van der Waals surface area (Å²) in [6.07, 6.45) is 5.31. The highest BCUT2D eigenvalue weighted by molar-refractivity contribution is 5.85. The topological polar surface area (TPSA) is 89.6 Å². The standard InChI is InChI=1S/C30H43NO4/c1-6-28(4)17-24(35-25(33)11-10-21-8-7-9-22(16-21)18-31)29(5)19(2)12-14-30(20(3)27(28)34)15-13-23(32)26(29)30/h6-9,16,19-20,24,26-27,34H,1,10-15,17-18,31H2,2-5H3/t19?,20-,24+,26?,27-,28+,29-,30?/m0/s1. The van der Waals surface area contributed by atoms with Gasteiger partial charge in [-0.1, -0.05) is 58.0 Å². The van der Waals surface area contributed by atoms with Crippen molar-refractivity contribution in [3.63, 3.8) is 0 Å². The van der Waals surface area contributed by atoms with E-state index in [2.05, 4.69) is 27.4 Å². The molecule has 3 N–H and O–H groups in total. The van der Waals surface area contributed by atoms with Crippen LogP contribution in [0.2, 0.25) is 0 Å². The monoisotopic (exact) mass is 481 g/mol. The third-order valence-corrected chi connectivity index (χ3v) is 10.4. The number of hydrogen-bond donors (Lipinski definition) is 2. The first-order valence-corrected chi connectivity index (χ1v) is 13.3. The van der Waals surface area contributed by atoms with E-state index < -0.39 is 23.0 Å². The molecule has 0 heterocycles. The van der Waals surface area contributed by atoms with Gasteiger partial charge in [0.05, 0.1) is 6.10 Å². The fourth-order valence-electron chi connectivity index (χ4n) is 7.88. The summed E-state index contributed by atoms with van der Waals surface area (Å²) in [5, 5.41) is 11.6. The zero-order valence-electron chi connectivity index (χ0n) is 21.9. The Morgan fingerprint density at radius 1 is 1.26 bits per heavy atom. The SMILES string of the molecule is C=C[C@]1(C)C[C@@H](OC(=O)CCc2cccc(CN)c2)[C@]2(C)C(C)CCC3(CCC(=O)C32)[C@@H](C)[C@@H]1O. The largest absolute Gasteiger partial charge is 0.462 e. The molecule has 1 aromatic carbocycles. The zero-order valence-corrected chi connectivity index (χ0v) is 21.9. The molecule has 5 heteroatoms. The van der Waals surface area contributed by atoms with Crippen LogP contribution in [-0.4, -0.2) is 29.1 Å². The smallest absolute Gasteiger partial charge is 0.306 e. The summed E-state index contributed by atoms with van der Waals surface area (Å²) in [5.41, 5.74) is 6.53. The van der Waals surface area contributed by atoms with Crippen molar-refractivity contribution in [1.82, 2.24) is 0 Å². The summed E-state index contributed by atoms with van der Waals surface area (Å²) in [6.45, 7) is 13.1.